The van der Waals surface area contributed by atoms with E-state index in [0.717, 1.165) is 24.2 Å². The van der Waals surface area contributed by atoms with Crippen LogP contribution in [0.1, 0.15) is 122 Å². The zero-order valence-corrected chi connectivity index (χ0v) is 22.2. The lowest BCUT2D eigenvalue weighted by atomic mass is 10.0. The van der Waals surface area contributed by atoms with Crippen LogP contribution < -0.4 is 0 Å². The number of ether oxygens (including phenoxy) is 2. The molecular formula is C29H48N2O4. The van der Waals surface area contributed by atoms with Crippen molar-refractivity contribution in [3.63, 3.8) is 0 Å². The Labute approximate surface area is 213 Å². The molecule has 198 valence electrons. The molecule has 0 aliphatic carbocycles. The third-order valence-electron chi connectivity index (χ3n) is 6.86. The predicted molar refractivity (Wildman–Crippen MR) is 140 cm³/mol. The van der Waals surface area contributed by atoms with E-state index in [-0.39, 0.29) is 31.3 Å². The molecule has 1 aliphatic rings. The molecule has 6 heteroatoms. The van der Waals surface area contributed by atoms with Crippen molar-refractivity contribution in [2.75, 3.05) is 6.61 Å². The van der Waals surface area contributed by atoms with Crippen LogP contribution >= 0.6 is 0 Å². The van der Waals surface area contributed by atoms with Gasteiger partial charge in [0.1, 0.15) is 6.61 Å². The van der Waals surface area contributed by atoms with E-state index in [0.29, 0.717) is 5.69 Å². The molecule has 0 bridgehead atoms. The first-order valence-electron chi connectivity index (χ1n) is 14.1. The minimum absolute atomic E-state index is 0.0745. The molecule has 1 saturated heterocycles. The Bertz CT molecular complexity index is 697. The number of pyridine rings is 1. The first kappa shape index (κ1) is 29.3. The minimum Gasteiger partial charge on any atom is -0.446 e. The number of carbonyl (C=O) groups excluding carboxylic acids is 2. The van der Waals surface area contributed by atoms with Gasteiger partial charge in [-0.3, -0.25) is 9.78 Å². The molecule has 0 spiro atoms. The molecule has 1 aromatic heterocycles. The average molecular weight is 489 g/mol. The van der Waals surface area contributed by atoms with Crippen molar-refractivity contribution in [2.45, 2.75) is 135 Å². The summed E-state index contributed by atoms with van der Waals surface area (Å²) >= 11 is 0. The van der Waals surface area contributed by atoms with Crippen LogP contribution in [0, 0.1) is 0 Å². The Balaban J connectivity index is 1.47. The van der Waals surface area contributed by atoms with Gasteiger partial charge in [-0.1, -0.05) is 96.5 Å². The second kappa shape index (κ2) is 18.3. The normalized spacial score (nSPS) is 17.4. The van der Waals surface area contributed by atoms with Crippen LogP contribution in [-0.2, 0) is 20.8 Å². The fourth-order valence-electron chi connectivity index (χ4n) is 4.71. The van der Waals surface area contributed by atoms with Gasteiger partial charge in [0.05, 0.1) is 24.4 Å². The van der Waals surface area contributed by atoms with Gasteiger partial charge in [-0.2, -0.15) is 0 Å². The van der Waals surface area contributed by atoms with Crippen molar-refractivity contribution in [3.8, 4) is 0 Å². The van der Waals surface area contributed by atoms with Crippen LogP contribution in [-0.4, -0.2) is 40.7 Å². The summed E-state index contributed by atoms with van der Waals surface area (Å²) in [5.74, 6) is -0.353. The van der Waals surface area contributed by atoms with E-state index in [1.54, 1.807) is 18.3 Å². The van der Waals surface area contributed by atoms with Crippen LogP contribution in [0.2, 0.25) is 0 Å². The second-order valence-electron chi connectivity index (χ2n) is 9.99. The molecule has 2 heterocycles. The van der Waals surface area contributed by atoms with Gasteiger partial charge in [-0.25, -0.2) is 9.69 Å². The summed E-state index contributed by atoms with van der Waals surface area (Å²) in [5, 5.41) is 0. The SMILES string of the molecule is CCCCCCCCCCCCCCC[C@@H]1CC[C@@H](COC(=O)N(Cc2ccccn2)C(C)=O)O1. The van der Waals surface area contributed by atoms with Gasteiger partial charge >= 0.3 is 6.09 Å². The number of hydrogen-bond donors (Lipinski definition) is 0. The maximum Gasteiger partial charge on any atom is 0.416 e. The number of unbranched alkanes of at least 4 members (excludes halogenated alkanes) is 12. The van der Waals surface area contributed by atoms with Crippen molar-refractivity contribution in [1.29, 1.82) is 0 Å². The average Bonchev–Trinajstić information content (AvgIpc) is 3.32. The maximum absolute atomic E-state index is 12.4. The van der Waals surface area contributed by atoms with Crippen LogP contribution in [0.5, 0.6) is 0 Å². The molecule has 2 rings (SSSR count). The zero-order chi connectivity index (χ0) is 25.1. The summed E-state index contributed by atoms with van der Waals surface area (Å²) < 4.78 is 11.5. The van der Waals surface area contributed by atoms with Crippen LogP contribution in [0.4, 0.5) is 4.79 Å². The highest BCUT2D eigenvalue weighted by molar-refractivity contribution is 5.90. The van der Waals surface area contributed by atoms with E-state index in [2.05, 4.69) is 11.9 Å². The molecule has 35 heavy (non-hydrogen) atoms. The molecule has 2 amide bonds. The van der Waals surface area contributed by atoms with Gasteiger partial charge in [0.25, 0.3) is 0 Å². The van der Waals surface area contributed by atoms with Gasteiger partial charge in [0.2, 0.25) is 5.91 Å². The molecule has 0 N–H and O–H groups in total. The third-order valence-corrected chi connectivity index (χ3v) is 6.86. The second-order valence-corrected chi connectivity index (χ2v) is 9.99. The van der Waals surface area contributed by atoms with Gasteiger partial charge in [0, 0.05) is 13.1 Å². The molecule has 1 fully saturated rings. The Kier molecular flexibility index (Phi) is 15.3. The van der Waals surface area contributed by atoms with E-state index >= 15 is 0 Å². The lowest BCUT2D eigenvalue weighted by Crippen LogP contribution is -2.36. The van der Waals surface area contributed by atoms with Gasteiger partial charge in [-0.05, 0) is 31.4 Å². The summed E-state index contributed by atoms with van der Waals surface area (Å²) in [6.45, 7) is 3.94. The van der Waals surface area contributed by atoms with Crippen molar-refractivity contribution < 1.29 is 19.1 Å². The molecule has 0 saturated carbocycles. The van der Waals surface area contributed by atoms with E-state index in [1.807, 2.05) is 6.07 Å². The first-order valence-corrected chi connectivity index (χ1v) is 14.1. The number of hydrogen-bond acceptors (Lipinski definition) is 5. The number of rotatable bonds is 18. The highest BCUT2D eigenvalue weighted by Crippen LogP contribution is 2.25. The fourth-order valence-corrected chi connectivity index (χ4v) is 4.71. The number of aromatic nitrogens is 1. The molecule has 6 nitrogen and oxygen atoms in total. The first-order chi connectivity index (χ1) is 17.1. The smallest absolute Gasteiger partial charge is 0.416 e. The summed E-state index contributed by atoms with van der Waals surface area (Å²) in [6.07, 6.45) is 21.9. The van der Waals surface area contributed by atoms with E-state index < -0.39 is 6.09 Å². The topological polar surface area (TPSA) is 68.7 Å². The highest BCUT2D eigenvalue weighted by atomic mass is 16.6. The van der Waals surface area contributed by atoms with E-state index in [4.69, 9.17) is 9.47 Å². The van der Waals surface area contributed by atoms with Crippen molar-refractivity contribution >= 4 is 12.0 Å². The fraction of sp³-hybridized carbons (Fsp3) is 0.759. The minimum atomic E-state index is -0.633. The van der Waals surface area contributed by atoms with Crippen LogP contribution in [0.15, 0.2) is 24.4 Å². The number of imide groups is 1. The standard InChI is InChI=1S/C29H48N2O4/c1-3-4-5-6-7-8-9-10-11-12-13-14-15-19-27-20-21-28(35-27)24-34-29(33)31(25(2)32)23-26-18-16-17-22-30-26/h16-18,22,27-28H,3-15,19-21,23-24H2,1-2H3/t27-,28+/m1/s1. The Morgan fingerprint density at radius 3 is 2.09 bits per heavy atom. The van der Waals surface area contributed by atoms with Gasteiger partial charge < -0.3 is 9.47 Å². The van der Waals surface area contributed by atoms with Gasteiger partial charge in [-0.15, -0.1) is 0 Å². The van der Waals surface area contributed by atoms with Crippen LogP contribution in [0.3, 0.4) is 0 Å². The van der Waals surface area contributed by atoms with Crippen molar-refractivity contribution in [1.82, 2.24) is 9.88 Å². The lowest BCUT2D eigenvalue weighted by molar-refractivity contribution is -0.128. The Morgan fingerprint density at radius 1 is 0.914 bits per heavy atom. The van der Waals surface area contributed by atoms with Crippen LogP contribution in [0.25, 0.3) is 0 Å². The largest absolute Gasteiger partial charge is 0.446 e. The molecule has 1 aromatic rings. The maximum atomic E-state index is 12.4. The molecular weight excluding hydrogens is 440 g/mol. The van der Waals surface area contributed by atoms with E-state index in [9.17, 15) is 9.59 Å². The van der Waals surface area contributed by atoms with Crippen molar-refractivity contribution in [3.05, 3.63) is 30.1 Å². The monoisotopic (exact) mass is 488 g/mol. The van der Waals surface area contributed by atoms with Crippen molar-refractivity contribution in [2.24, 2.45) is 0 Å². The lowest BCUT2D eigenvalue weighted by Gasteiger charge is -2.20. The number of amides is 2. The number of carbonyl (C=O) groups is 2. The predicted octanol–water partition coefficient (Wildman–Crippen LogP) is 7.60. The Morgan fingerprint density at radius 2 is 1.51 bits per heavy atom. The highest BCUT2D eigenvalue weighted by Gasteiger charge is 2.27. The summed E-state index contributed by atoms with van der Waals surface area (Å²) in [4.78, 5) is 29.6. The Hall–Kier alpha value is -1.95. The van der Waals surface area contributed by atoms with E-state index in [1.165, 1.54) is 90.4 Å². The molecule has 0 radical (unpaired) electrons. The molecule has 0 aromatic carbocycles. The molecule has 0 unspecified atom stereocenters. The summed E-state index contributed by atoms with van der Waals surface area (Å²) in [6, 6.07) is 5.41. The van der Waals surface area contributed by atoms with Gasteiger partial charge in [0.15, 0.2) is 0 Å². The molecule has 1 aliphatic heterocycles. The number of nitrogens with zero attached hydrogens (tertiary/aromatic N) is 2. The summed E-state index contributed by atoms with van der Waals surface area (Å²) in [5.41, 5.74) is 0.648. The quantitative estimate of drug-likeness (QED) is 0.199. The third kappa shape index (κ3) is 13.1. The summed E-state index contributed by atoms with van der Waals surface area (Å²) in [7, 11) is 0. The molecule has 2 atom stereocenters. The zero-order valence-electron chi connectivity index (χ0n) is 22.2.